The van der Waals surface area contributed by atoms with Gasteiger partial charge in [0.25, 0.3) is 0 Å². The molecule has 2 N–H and O–H groups in total. The van der Waals surface area contributed by atoms with E-state index in [0.717, 1.165) is 116 Å². The Bertz CT molecular complexity index is 1520. The van der Waals surface area contributed by atoms with E-state index in [2.05, 4.69) is 38.2 Å². The molecule has 0 radical (unpaired) electrons. The minimum atomic E-state index is -4.92. The van der Waals surface area contributed by atoms with E-state index in [1.807, 2.05) is 0 Å². The lowest BCUT2D eigenvalue weighted by molar-refractivity contribution is -0.223. The van der Waals surface area contributed by atoms with Crippen molar-refractivity contribution < 1.29 is 61.6 Å². The quantitative estimate of drug-likeness (QED) is 0.0260. The molecule has 71 heavy (non-hydrogen) atoms. The van der Waals surface area contributed by atoms with Gasteiger partial charge in [-0.2, -0.15) is 0 Å². The minimum absolute atomic E-state index is 0.166. The summed E-state index contributed by atoms with van der Waals surface area (Å²) in [6.07, 6.45) is 40.7. The van der Waals surface area contributed by atoms with Crippen LogP contribution >= 0.6 is 7.82 Å². The van der Waals surface area contributed by atoms with Crippen LogP contribution in [0.3, 0.4) is 0 Å². The van der Waals surface area contributed by atoms with E-state index in [9.17, 15) is 24.2 Å². The molecule has 5 aliphatic rings. The van der Waals surface area contributed by atoms with Crippen molar-refractivity contribution in [2.45, 2.75) is 312 Å². The third-order valence-electron chi connectivity index (χ3n) is 15.3. The first-order valence-corrected chi connectivity index (χ1v) is 30.8. The highest BCUT2D eigenvalue weighted by Gasteiger charge is 2.67. The molecule has 3 aliphatic carbocycles. The third kappa shape index (κ3) is 22.2. The Morgan fingerprint density at radius 1 is 0.535 bits per heavy atom. The summed E-state index contributed by atoms with van der Waals surface area (Å²) in [4.78, 5) is 37.5. The predicted octanol–water partition coefficient (Wildman–Crippen LogP) is 14.3. The van der Waals surface area contributed by atoms with E-state index < -0.39 is 80.7 Å². The number of hydrogen-bond donors (Lipinski definition) is 2. The second kappa shape index (κ2) is 34.1. The molecule has 5 fully saturated rings. The average Bonchev–Trinajstić information content (AvgIpc) is 3.92. The molecule has 2 spiro atoms. The van der Waals surface area contributed by atoms with E-state index in [1.165, 1.54) is 77.0 Å². The number of ether oxygens (including phenoxy) is 6. The van der Waals surface area contributed by atoms with Crippen molar-refractivity contribution in [3.8, 4) is 0 Å². The molecule has 0 bridgehead atoms. The molecule has 2 saturated heterocycles. The summed E-state index contributed by atoms with van der Waals surface area (Å²) in [5.41, 5.74) is 0. The zero-order valence-corrected chi connectivity index (χ0v) is 45.4. The van der Waals surface area contributed by atoms with Crippen molar-refractivity contribution in [2.24, 2.45) is 0 Å². The fraction of sp³-hybridized carbons (Fsp3) is 0.895. The molecule has 2 heterocycles. The van der Waals surface area contributed by atoms with Gasteiger partial charge in [0.1, 0.15) is 43.2 Å². The Hall–Kier alpha value is -1.67. The van der Waals surface area contributed by atoms with Crippen molar-refractivity contribution in [3.63, 3.8) is 0 Å². The maximum atomic E-state index is 14.0. The van der Waals surface area contributed by atoms with Crippen LogP contribution in [0, 0.1) is 0 Å². The monoisotopic (exact) mass is 1020 g/mol. The summed E-state index contributed by atoms with van der Waals surface area (Å²) < 4.78 is 63.1. The van der Waals surface area contributed by atoms with Gasteiger partial charge in [0.15, 0.2) is 17.7 Å². The van der Waals surface area contributed by atoms with E-state index in [4.69, 9.17) is 37.5 Å². The molecule has 0 aromatic heterocycles. The van der Waals surface area contributed by atoms with Crippen LogP contribution in [0.4, 0.5) is 0 Å². The summed E-state index contributed by atoms with van der Waals surface area (Å²) >= 11 is 0. The molecule has 2 aliphatic heterocycles. The molecular weight excluding hydrogens is 924 g/mol. The third-order valence-corrected chi connectivity index (χ3v) is 16.3. The number of phosphoric acid groups is 1. The molecule has 0 aromatic rings. The largest absolute Gasteiger partial charge is 0.472 e. The van der Waals surface area contributed by atoms with Gasteiger partial charge in [0, 0.05) is 38.5 Å². The van der Waals surface area contributed by atoms with Crippen molar-refractivity contribution in [2.75, 3.05) is 13.2 Å². The molecule has 3 saturated carbocycles. The number of phosphoric ester groups is 1. The normalized spacial score (nSPS) is 26.0. The van der Waals surface area contributed by atoms with Crippen LogP contribution in [-0.4, -0.2) is 89.5 Å². The topological polar surface area (TPSA) is 166 Å². The van der Waals surface area contributed by atoms with E-state index >= 15 is 0 Å². The number of esters is 2. The van der Waals surface area contributed by atoms with E-state index in [1.54, 1.807) is 0 Å². The van der Waals surface area contributed by atoms with E-state index in [0.29, 0.717) is 38.5 Å². The van der Waals surface area contributed by atoms with Crippen LogP contribution in [-0.2, 0) is 51.6 Å². The van der Waals surface area contributed by atoms with Gasteiger partial charge in [0.2, 0.25) is 0 Å². The smallest absolute Gasteiger partial charge is 0.462 e. The molecule has 5 rings (SSSR count). The van der Waals surface area contributed by atoms with Crippen LogP contribution in [0.1, 0.15) is 258 Å². The van der Waals surface area contributed by atoms with Gasteiger partial charge in [-0.25, -0.2) is 4.57 Å². The van der Waals surface area contributed by atoms with Gasteiger partial charge >= 0.3 is 19.8 Å². The second-order valence-electron chi connectivity index (χ2n) is 21.6. The summed E-state index contributed by atoms with van der Waals surface area (Å²) in [6.45, 7) is 3.62. The first kappa shape index (κ1) is 60.2. The number of fused-ring (bicyclic) bond motifs is 2. The number of carbonyl (C=O) groups excluding carboxylic acids is 2. The lowest BCUT2D eigenvalue weighted by atomic mass is 9.85. The van der Waals surface area contributed by atoms with Crippen LogP contribution in [0.15, 0.2) is 24.3 Å². The van der Waals surface area contributed by atoms with Gasteiger partial charge < -0.3 is 38.4 Å². The maximum Gasteiger partial charge on any atom is 0.472 e. The SMILES string of the molecule is CCCCCCCC/C=C\CCCCCCCC(=O)OCC(COP(=O)(O)OC1C2OC3(CCCCC3)OC2C(O)C2OC3(CCCCC3)OC21)OC(=O)CCCCCCC/C=C\CCCCCCCC. The fourth-order valence-electron chi connectivity index (χ4n) is 11.2. The summed E-state index contributed by atoms with van der Waals surface area (Å²) in [7, 11) is -4.92. The first-order chi connectivity index (χ1) is 34.6. The zero-order valence-electron chi connectivity index (χ0n) is 44.5. The van der Waals surface area contributed by atoms with Gasteiger partial charge in [-0.15, -0.1) is 0 Å². The van der Waals surface area contributed by atoms with Crippen LogP contribution in [0.5, 0.6) is 0 Å². The number of hydrogen-bond acceptors (Lipinski definition) is 12. The highest BCUT2D eigenvalue weighted by atomic mass is 31.2. The van der Waals surface area contributed by atoms with Gasteiger partial charge in [-0.05, 0) is 89.9 Å². The number of rotatable bonds is 38. The first-order valence-electron chi connectivity index (χ1n) is 29.3. The summed E-state index contributed by atoms with van der Waals surface area (Å²) in [6, 6.07) is 0. The number of allylic oxidation sites excluding steroid dienone is 4. The van der Waals surface area contributed by atoms with Crippen molar-refractivity contribution in [3.05, 3.63) is 24.3 Å². The predicted molar refractivity (Wildman–Crippen MR) is 278 cm³/mol. The van der Waals surface area contributed by atoms with Gasteiger partial charge in [-0.1, -0.05) is 154 Å². The van der Waals surface area contributed by atoms with Gasteiger partial charge in [-0.3, -0.25) is 18.6 Å². The van der Waals surface area contributed by atoms with Crippen LogP contribution in [0.2, 0.25) is 0 Å². The minimum Gasteiger partial charge on any atom is -0.462 e. The summed E-state index contributed by atoms with van der Waals surface area (Å²) in [5, 5.41) is 11.7. The fourth-order valence-corrected chi connectivity index (χ4v) is 12.1. The van der Waals surface area contributed by atoms with E-state index in [-0.39, 0.29) is 19.4 Å². The van der Waals surface area contributed by atoms with Crippen LogP contribution < -0.4 is 0 Å². The Morgan fingerprint density at radius 2 is 0.915 bits per heavy atom. The average molecular weight is 1020 g/mol. The molecule has 410 valence electrons. The second-order valence-corrected chi connectivity index (χ2v) is 23.0. The van der Waals surface area contributed by atoms with Crippen molar-refractivity contribution >= 4 is 19.8 Å². The summed E-state index contributed by atoms with van der Waals surface area (Å²) in [5.74, 6) is -2.79. The van der Waals surface area contributed by atoms with Crippen LogP contribution in [0.25, 0.3) is 0 Å². The van der Waals surface area contributed by atoms with Crippen molar-refractivity contribution in [1.29, 1.82) is 0 Å². The number of aliphatic hydroxyl groups excluding tert-OH is 1. The molecular formula is C57H99O13P. The number of unbranched alkanes of at least 4 members (excludes halogenated alkanes) is 22. The standard InChI is InChI=1S/C57H99O13P/c1-3-5-7-9-11-13-15-17-19-21-23-25-27-29-33-39-48(58)63-45-47(65-49(59)40-34-30-28-26-24-22-20-18-16-14-12-10-8-6-4-2)46-64-71(61,62)70-55-53-51(66-56(68-53)41-35-31-36-42-56)50(60)52-54(55)69-57(67-52)43-37-32-38-44-57/h17-20,47,50-55,60H,3-16,21-46H2,1-2H3,(H,61,62)/b19-17-,20-18-. The highest BCUT2D eigenvalue weighted by Crippen LogP contribution is 2.55. The Morgan fingerprint density at radius 3 is 1.35 bits per heavy atom. The highest BCUT2D eigenvalue weighted by molar-refractivity contribution is 7.47. The molecule has 0 amide bonds. The lowest BCUT2D eigenvalue weighted by Gasteiger charge is -2.40. The maximum absolute atomic E-state index is 14.0. The lowest BCUT2D eigenvalue weighted by Crippen LogP contribution is -2.62. The molecule has 13 nitrogen and oxygen atoms in total. The number of aliphatic hydroxyl groups is 1. The molecule has 6 atom stereocenters. The Kier molecular flexibility index (Phi) is 28.9. The Balaban J connectivity index is 1.08. The molecule has 6 unspecified atom stereocenters. The molecule has 0 aromatic carbocycles. The zero-order chi connectivity index (χ0) is 50.5. The van der Waals surface area contributed by atoms with Gasteiger partial charge in [0.05, 0.1) is 6.61 Å². The Labute approximate surface area is 429 Å². The van der Waals surface area contributed by atoms with Crippen molar-refractivity contribution in [1.82, 2.24) is 0 Å². The molecule has 14 heteroatoms. The number of carbonyl (C=O) groups is 2.